The van der Waals surface area contributed by atoms with Gasteiger partial charge in [-0.25, -0.2) is 0 Å². The molecule has 2 heterocycles. The molecule has 1 saturated heterocycles. The number of benzene rings is 2. The quantitative estimate of drug-likeness (QED) is 0.932. The monoisotopic (exact) mass is 340 g/mol. The van der Waals surface area contributed by atoms with Crippen molar-refractivity contribution in [1.29, 1.82) is 0 Å². The van der Waals surface area contributed by atoms with Crippen molar-refractivity contribution in [3.8, 4) is 5.75 Å². The van der Waals surface area contributed by atoms with Gasteiger partial charge in [-0.05, 0) is 36.2 Å². The number of anilines is 1. The Bertz CT molecular complexity index is 800. The molecule has 124 valence electrons. The highest BCUT2D eigenvalue weighted by Crippen LogP contribution is 2.50. The Morgan fingerprint density at radius 3 is 2.83 bits per heavy atom. The number of ether oxygens (including phenoxy) is 1. The first-order valence-corrected chi connectivity index (χ1v) is 9.08. The third-order valence-corrected chi connectivity index (χ3v) is 6.18. The van der Waals surface area contributed by atoms with E-state index < -0.39 is 4.87 Å². The maximum absolute atomic E-state index is 13.3. The largest absolute Gasteiger partial charge is 0.497 e. The van der Waals surface area contributed by atoms with Gasteiger partial charge in [-0.15, -0.1) is 11.8 Å². The molecule has 2 aromatic carbocycles. The van der Waals surface area contributed by atoms with Crippen LogP contribution < -0.4 is 15.0 Å². The number of amides is 1. The number of nitrogens with one attached hydrogen (secondary N) is 1. The van der Waals surface area contributed by atoms with E-state index in [0.717, 1.165) is 29.3 Å². The predicted octanol–water partition coefficient (Wildman–Crippen LogP) is 3.04. The van der Waals surface area contributed by atoms with Gasteiger partial charge >= 0.3 is 0 Å². The Morgan fingerprint density at radius 1 is 1.29 bits per heavy atom. The summed E-state index contributed by atoms with van der Waals surface area (Å²) in [5.74, 6) is 1.84. The van der Waals surface area contributed by atoms with E-state index in [4.69, 9.17) is 4.74 Å². The Morgan fingerprint density at radius 2 is 2.12 bits per heavy atom. The fraction of sp³-hybridized carbons (Fsp3) is 0.316. The number of hydrogen-bond donors (Lipinski definition) is 1. The fourth-order valence-corrected chi connectivity index (χ4v) is 4.75. The Kier molecular flexibility index (Phi) is 3.77. The minimum absolute atomic E-state index is 0.122. The van der Waals surface area contributed by atoms with Gasteiger partial charge in [-0.3, -0.25) is 10.1 Å². The lowest BCUT2D eigenvalue weighted by atomic mass is 10.1. The summed E-state index contributed by atoms with van der Waals surface area (Å²) in [6.45, 7) is 3.52. The van der Waals surface area contributed by atoms with Crippen molar-refractivity contribution in [1.82, 2.24) is 5.32 Å². The number of nitrogens with zero attached hydrogens (tertiary/aromatic N) is 1. The highest BCUT2D eigenvalue weighted by molar-refractivity contribution is 8.01. The first-order chi connectivity index (χ1) is 11.7. The lowest BCUT2D eigenvalue weighted by molar-refractivity contribution is -0.121. The SMILES string of the molecule is COc1ccc2c(c1)C1(NCCS1)C(=O)N2Cc1ccccc1C. The number of aryl methyl sites for hydroxylation is 1. The number of thioether (sulfide) groups is 1. The van der Waals surface area contributed by atoms with Crippen LogP contribution in [0.3, 0.4) is 0 Å². The molecule has 4 rings (SSSR count). The van der Waals surface area contributed by atoms with Crippen LogP contribution in [-0.2, 0) is 16.2 Å². The highest BCUT2D eigenvalue weighted by atomic mass is 32.2. The minimum atomic E-state index is -0.660. The van der Waals surface area contributed by atoms with Gasteiger partial charge in [0.25, 0.3) is 5.91 Å². The topological polar surface area (TPSA) is 41.6 Å². The molecule has 1 spiro atoms. The van der Waals surface area contributed by atoms with Crippen molar-refractivity contribution >= 4 is 23.4 Å². The minimum Gasteiger partial charge on any atom is -0.497 e. The molecule has 1 amide bonds. The summed E-state index contributed by atoms with van der Waals surface area (Å²) < 4.78 is 5.38. The smallest absolute Gasteiger partial charge is 0.262 e. The molecule has 2 aliphatic heterocycles. The summed E-state index contributed by atoms with van der Waals surface area (Å²) in [5.41, 5.74) is 4.37. The molecule has 1 unspecified atom stereocenters. The Labute approximate surface area is 146 Å². The molecule has 1 N–H and O–H groups in total. The molecule has 1 fully saturated rings. The van der Waals surface area contributed by atoms with Gasteiger partial charge in [0.2, 0.25) is 0 Å². The van der Waals surface area contributed by atoms with Crippen molar-refractivity contribution < 1.29 is 9.53 Å². The summed E-state index contributed by atoms with van der Waals surface area (Å²) in [6.07, 6.45) is 0. The zero-order valence-electron chi connectivity index (χ0n) is 13.8. The average molecular weight is 340 g/mol. The number of fused-ring (bicyclic) bond motifs is 2. The van der Waals surface area contributed by atoms with Gasteiger partial charge in [0, 0.05) is 17.9 Å². The molecule has 0 aromatic heterocycles. The molecule has 4 nitrogen and oxygen atoms in total. The zero-order valence-corrected chi connectivity index (χ0v) is 14.7. The molecule has 24 heavy (non-hydrogen) atoms. The van der Waals surface area contributed by atoms with Gasteiger partial charge in [-0.2, -0.15) is 0 Å². The van der Waals surface area contributed by atoms with Gasteiger partial charge in [0.15, 0.2) is 4.87 Å². The second-order valence-electron chi connectivity index (χ2n) is 6.16. The summed E-state index contributed by atoms with van der Waals surface area (Å²) in [6, 6.07) is 14.1. The van der Waals surface area contributed by atoms with Crippen LogP contribution in [0.5, 0.6) is 5.75 Å². The lowest BCUT2D eigenvalue weighted by Crippen LogP contribution is -2.44. The maximum Gasteiger partial charge on any atom is 0.262 e. The van der Waals surface area contributed by atoms with Crippen molar-refractivity contribution in [3.63, 3.8) is 0 Å². The van der Waals surface area contributed by atoms with Crippen LogP contribution in [0.2, 0.25) is 0 Å². The molecule has 0 saturated carbocycles. The fourth-order valence-electron chi connectivity index (χ4n) is 3.48. The molecule has 0 radical (unpaired) electrons. The first-order valence-electron chi connectivity index (χ1n) is 8.10. The molecule has 0 aliphatic carbocycles. The molecular weight excluding hydrogens is 320 g/mol. The van der Waals surface area contributed by atoms with E-state index in [-0.39, 0.29) is 5.91 Å². The van der Waals surface area contributed by atoms with Gasteiger partial charge in [0.05, 0.1) is 19.3 Å². The van der Waals surface area contributed by atoms with Crippen LogP contribution in [-0.4, -0.2) is 25.3 Å². The molecule has 2 aliphatic rings. The third-order valence-electron chi connectivity index (χ3n) is 4.80. The van der Waals surface area contributed by atoms with Crippen molar-refractivity contribution in [3.05, 3.63) is 59.2 Å². The summed E-state index contributed by atoms with van der Waals surface area (Å²) >= 11 is 1.68. The van der Waals surface area contributed by atoms with E-state index in [1.165, 1.54) is 11.1 Å². The van der Waals surface area contributed by atoms with Crippen molar-refractivity contribution in [2.75, 3.05) is 24.3 Å². The summed E-state index contributed by atoms with van der Waals surface area (Å²) in [5, 5.41) is 3.44. The number of carbonyl (C=O) groups is 1. The molecule has 2 aromatic rings. The number of hydrogen-bond acceptors (Lipinski definition) is 4. The zero-order chi connectivity index (χ0) is 16.7. The number of rotatable bonds is 3. The van der Waals surface area contributed by atoms with Crippen molar-refractivity contribution in [2.24, 2.45) is 0 Å². The van der Waals surface area contributed by atoms with E-state index in [9.17, 15) is 4.79 Å². The maximum atomic E-state index is 13.3. The van der Waals surface area contributed by atoms with Crippen molar-refractivity contribution in [2.45, 2.75) is 18.3 Å². The molecule has 0 bridgehead atoms. The number of methoxy groups -OCH3 is 1. The third kappa shape index (κ3) is 2.23. The van der Waals surface area contributed by atoms with Gasteiger partial charge in [0.1, 0.15) is 5.75 Å². The first kappa shape index (κ1) is 15.5. The summed E-state index contributed by atoms with van der Waals surface area (Å²) in [7, 11) is 1.66. The normalized spacial score (nSPS) is 22.2. The van der Waals surface area contributed by atoms with E-state index in [1.807, 2.05) is 35.2 Å². The number of carbonyl (C=O) groups excluding carboxylic acids is 1. The second kappa shape index (κ2) is 5.83. The Balaban J connectivity index is 1.80. The van der Waals surface area contributed by atoms with E-state index in [2.05, 4.69) is 24.4 Å². The van der Waals surface area contributed by atoms with Gasteiger partial charge < -0.3 is 9.64 Å². The Hall–Kier alpha value is -1.98. The summed E-state index contributed by atoms with van der Waals surface area (Å²) in [4.78, 5) is 14.5. The molecule has 1 atom stereocenters. The van der Waals surface area contributed by atoms with E-state index >= 15 is 0 Å². The van der Waals surface area contributed by atoms with Crippen LogP contribution in [0.4, 0.5) is 5.69 Å². The van der Waals surface area contributed by atoms with E-state index in [1.54, 1.807) is 18.9 Å². The van der Waals surface area contributed by atoms with Crippen LogP contribution >= 0.6 is 11.8 Å². The highest BCUT2D eigenvalue weighted by Gasteiger charge is 2.53. The molecule has 5 heteroatoms. The van der Waals surface area contributed by atoms with E-state index in [0.29, 0.717) is 6.54 Å². The average Bonchev–Trinajstić information content (AvgIpc) is 3.18. The van der Waals surface area contributed by atoms with Gasteiger partial charge in [-0.1, -0.05) is 24.3 Å². The van der Waals surface area contributed by atoms with Crippen LogP contribution in [0, 0.1) is 6.92 Å². The predicted molar refractivity (Wildman–Crippen MR) is 97.5 cm³/mol. The van der Waals surface area contributed by atoms with Crippen LogP contribution in [0.15, 0.2) is 42.5 Å². The lowest BCUT2D eigenvalue weighted by Gasteiger charge is -2.23. The van der Waals surface area contributed by atoms with Crippen LogP contribution in [0.1, 0.15) is 16.7 Å². The second-order valence-corrected chi connectivity index (χ2v) is 7.47. The molecular formula is C19H20N2O2S. The standard InChI is InChI=1S/C19H20N2O2S/c1-13-5-3-4-6-14(13)12-21-17-8-7-15(23-2)11-16(17)19(18(21)22)20-9-10-24-19/h3-8,11,20H,9-10,12H2,1-2H3. The van der Waals surface area contributed by atoms with Crippen LogP contribution in [0.25, 0.3) is 0 Å².